The second-order valence-corrected chi connectivity index (χ2v) is 7.58. The summed E-state index contributed by atoms with van der Waals surface area (Å²) in [7, 11) is 2.27. The van der Waals surface area contributed by atoms with Crippen LogP contribution in [0.2, 0.25) is 0 Å². The average molecular weight is 353 g/mol. The molecule has 1 saturated carbocycles. The fourth-order valence-electron chi connectivity index (χ4n) is 3.67. The van der Waals surface area contributed by atoms with E-state index in [1.807, 2.05) is 0 Å². The fourth-order valence-corrected chi connectivity index (χ4v) is 3.93. The first-order chi connectivity index (χ1) is 10.0. The number of rotatable bonds is 5. The van der Waals surface area contributed by atoms with E-state index in [1.165, 1.54) is 31.2 Å². The van der Waals surface area contributed by atoms with E-state index in [0.717, 1.165) is 16.8 Å². The molecular weight excluding hydrogens is 324 g/mol. The first kappa shape index (κ1) is 17.0. The van der Waals surface area contributed by atoms with Crippen LogP contribution in [0.5, 0.6) is 0 Å². The summed E-state index contributed by atoms with van der Waals surface area (Å²) in [5, 5.41) is 0. The van der Waals surface area contributed by atoms with Gasteiger partial charge in [-0.3, -0.25) is 4.90 Å². The van der Waals surface area contributed by atoms with Gasteiger partial charge in [-0.25, -0.2) is 0 Å². The lowest BCUT2D eigenvalue weighted by Gasteiger charge is -2.41. The summed E-state index contributed by atoms with van der Waals surface area (Å²) >= 11 is 3.53. The van der Waals surface area contributed by atoms with Gasteiger partial charge in [-0.2, -0.15) is 0 Å². The van der Waals surface area contributed by atoms with E-state index in [2.05, 4.69) is 66.0 Å². The van der Waals surface area contributed by atoms with E-state index in [9.17, 15) is 0 Å². The molecule has 0 radical (unpaired) electrons. The van der Waals surface area contributed by atoms with E-state index in [0.29, 0.717) is 12.1 Å². The summed E-state index contributed by atoms with van der Waals surface area (Å²) in [5.41, 5.74) is 7.82. The van der Waals surface area contributed by atoms with E-state index in [1.54, 1.807) is 0 Å². The SMILES string of the molecule is CCC(N)C(c1ccc(Br)cc1)N(C)C1CCCC(C)C1. The molecule has 4 unspecified atom stereocenters. The minimum atomic E-state index is 0.188. The molecule has 0 bridgehead atoms. The van der Waals surface area contributed by atoms with Crippen LogP contribution in [0.15, 0.2) is 28.7 Å². The van der Waals surface area contributed by atoms with Gasteiger partial charge in [0.25, 0.3) is 0 Å². The molecule has 0 heterocycles. The highest BCUT2D eigenvalue weighted by Gasteiger charge is 2.30. The normalized spacial score (nSPS) is 25.8. The lowest BCUT2D eigenvalue weighted by Crippen LogP contribution is -2.45. The van der Waals surface area contributed by atoms with Crippen molar-refractivity contribution in [1.29, 1.82) is 0 Å². The topological polar surface area (TPSA) is 29.3 Å². The van der Waals surface area contributed by atoms with Gasteiger partial charge in [0.15, 0.2) is 0 Å². The molecule has 4 atom stereocenters. The van der Waals surface area contributed by atoms with Gasteiger partial charge in [-0.1, -0.05) is 54.8 Å². The number of nitrogens with zero attached hydrogens (tertiary/aromatic N) is 1. The van der Waals surface area contributed by atoms with Crippen LogP contribution in [-0.4, -0.2) is 24.0 Å². The molecule has 118 valence electrons. The average Bonchev–Trinajstić information content (AvgIpc) is 2.49. The number of hydrogen-bond acceptors (Lipinski definition) is 2. The maximum Gasteiger partial charge on any atom is 0.0498 e. The van der Waals surface area contributed by atoms with Gasteiger partial charge in [-0.15, -0.1) is 0 Å². The minimum Gasteiger partial charge on any atom is -0.326 e. The maximum absolute atomic E-state index is 6.48. The van der Waals surface area contributed by atoms with Crippen molar-refractivity contribution in [3.05, 3.63) is 34.3 Å². The Morgan fingerprint density at radius 1 is 1.29 bits per heavy atom. The smallest absolute Gasteiger partial charge is 0.0498 e. The first-order valence-corrected chi connectivity index (χ1v) is 9.05. The van der Waals surface area contributed by atoms with Crippen LogP contribution in [0.25, 0.3) is 0 Å². The van der Waals surface area contributed by atoms with Crippen LogP contribution >= 0.6 is 15.9 Å². The molecule has 1 aromatic carbocycles. The Labute approximate surface area is 138 Å². The molecule has 2 nitrogen and oxygen atoms in total. The summed E-state index contributed by atoms with van der Waals surface area (Å²) in [4.78, 5) is 2.55. The molecular formula is C18H29BrN2. The van der Waals surface area contributed by atoms with Crippen molar-refractivity contribution < 1.29 is 0 Å². The van der Waals surface area contributed by atoms with Crippen molar-refractivity contribution >= 4 is 15.9 Å². The summed E-state index contributed by atoms with van der Waals surface area (Å²) in [5.74, 6) is 0.842. The molecule has 1 aliphatic carbocycles. The molecule has 21 heavy (non-hydrogen) atoms. The Kier molecular flexibility index (Phi) is 6.27. The highest BCUT2D eigenvalue weighted by molar-refractivity contribution is 9.10. The highest BCUT2D eigenvalue weighted by Crippen LogP contribution is 2.33. The third-order valence-electron chi connectivity index (χ3n) is 5.01. The molecule has 0 spiro atoms. The Morgan fingerprint density at radius 2 is 1.95 bits per heavy atom. The van der Waals surface area contributed by atoms with Gasteiger partial charge >= 0.3 is 0 Å². The zero-order chi connectivity index (χ0) is 15.4. The van der Waals surface area contributed by atoms with Gasteiger partial charge in [-0.05, 0) is 49.9 Å². The van der Waals surface area contributed by atoms with Gasteiger partial charge in [0.1, 0.15) is 0 Å². The Bertz CT molecular complexity index is 431. The summed E-state index contributed by atoms with van der Waals surface area (Å²) in [6.07, 6.45) is 6.36. The van der Waals surface area contributed by atoms with Crippen molar-refractivity contribution in [2.24, 2.45) is 11.7 Å². The molecule has 0 aliphatic heterocycles. The van der Waals surface area contributed by atoms with Crippen LogP contribution < -0.4 is 5.73 Å². The maximum atomic E-state index is 6.48. The predicted octanol–water partition coefficient (Wildman–Crippen LogP) is 4.74. The monoisotopic (exact) mass is 352 g/mol. The van der Waals surface area contributed by atoms with Crippen molar-refractivity contribution in [2.75, 3.05) is 7.05 Å². The van der Waals surface area contributed by atoms with Gasteiger partial charge in [0.2, 0.25) is 0 Å². The second kappa shape index (κ2) is 7.75. The number of benzene rings is 1. The van der Waals surface area contributed by atoms with E-state index in [4.69, 9.17) is 5.73 Å². The zero-order valence-corrected chi connectivity index (χ0v) is 15.1. The van der Waals surface area contributed by atoms with E-state index in [-0.39, 0.29) is 6.04 Å². The third-order valence-corrected chi connectivity index (χ3v) is 5.54. The summed E-state index contributed by atoms with van der Waals surface area (Å²) in [6.45, 7) is 4.57. The predicted molar refractivity (Wildman–Crippen MR) is 94.3 cm³/mol. The fraction of sp³-hybridized carbons (Fsp3) is 0.667. The van der Waals surface area contributed by atoms with Crippen LogP contribution in [0.3, 0.4) is 0 Å². The molecule has 2 rings (SSSR count). The van der Waals surface area contributed by atoms with Crippen molar-refractivity contribution in [2.45, 2.75) is 64.1 Å². The van der Waals surface area contributed by atoms with Crippen LogP contribution in [-0.2, 0) is 0 Å². The summed E-state index contributed by atoms with van der Waals surface area (Å²) in [6, 6.07) is 9.86. The standard InChI is InChI=1S/C18H29BrN2/c1-4-17(20)18(14-8-10-15(19)11-9-14)21(3)16-7-5-6-13(2)12-16/h8-11,13,16-18H,4-7,12,20H2,1-3H3. The van der Waals surface area contributed by atoms with E-state index >= 15 is 0 Å². The molecule has 1 aromatic rings. The lowest BCUT2D eigenvalue weighted by atomic mass is 9.84. The quantitative estimate of drug-likeness (QED) is 0.829. The number of likely N-dealkylation sites (N-methyl/N-ethyl adjacent to an activating group) is 1. The summed E-state index contributed by atoms with van der Waals surface area (Å²) < 4.78 is 1.13. The van der Waals surface area contributed by atoms with Crippen LogP contribution in [0.1, 0.15) is 57.6 Å². The van der Waals surface area contributed by atoms with E-state index < -0.39 is 0 Å². The van der Waals surface area contributed by atoms with Crippen molar-refractivity contribution in [3.8, 4) is 0 Å². The van der Waals surface area contributed by atoms with Crippen molar-refractivity contribution in [3.63, 3.8) is 0 Å². The van der Waals surface area contributed by atoms with Crippen LogP contribution in [0.4, 0.5) is 0 Å². The molecule has 1 aliphatic rings. The Balaban J connectivity index is 2.20. The van der Waals surface area contributed by atoms with Gasteiger partial charge in [0.05, 0.1) is 0 Å². The molecule has 0 aromatic heterocycles. The first-order valence-electron chi connectivity index (χ1n) is 8.26. The number of nitrogens with two attached hydrogens (primary N) is 1. The van der Waals surface area contributed by atoms with Crippen molar-refractivity contribution in [1.82, 2.24) is 4.90 Å². The largest absolute Gasteiger partial charge is 0.326 e. The number of hydrogen-bond donors (Lipinski definition) is 1. The minimum absolute atomic E-state index is 0.188. The Hall–Kier alpha value is -0.380. The molecule has 3 heteroatoms. The zero-order valence-electron chi connectivity index (χ0n) is 13.6. The number of halogens is 1. The highest BCUT2D eigenvalue weighted by atomic mass is 79.9. The van der Waals surface area contributed by atoms with Gasteiger partial charge in [0, 0.05) is 22.6 Å². The lowest BCUT2D eigenvalue weighted by molar-refractivity contribution is 0.102. The Morgan fingerprint density at radius 3 is 2.52 bits per heavy atom. The molecule has 0 amide bonds. The third kappa shape index (κ3) is 4.30. The van der Waals surface area contributed by atoms with Gasteiger partial charge < -0.3 is 5.73 Å². The molecule has 2 N–H and O–H groups in total. The molecule has 1 fully saturated rings. The second-order valence-electron chi connectivity index (χ2n) is 6.66. The molecule has 0 saturated heterocycles. The van der Waals surface area contributed by atoms with Crippen LogP contribution in [0, 0.1) is 5.92 Å².